The number of hydrogen-bond donors (Lipinski definition) is 1. The highest BCUT2D eigenvalue weighted by Gasteiger charge is 2.30. The van der Waals surface area contributed by atoms with Crippen LogP contribution in [0, 0.1) is 5.92 Å². The SMILES string of the molecule is CC(Oc1ccc2c(c1)OC[C@H](Cc1ccccn1)[C@@H]2O)c1ccc2ccccc2n1. The number of ether oxygens (including phenoxy) is 2. The van der Waals surface area contributed by atoms with Crippen molar-refractivity contribution < 1.29 is 14.6 Å². The van der Waals surface area contributed by atoms with Gasteiger partial charge in [-0.1, -0.05) is 30.3 Å². The quantitative estimate of drug-likeness (QED) is 0.497. The van der Waals surface area contributed by atoms with E-state index in [4.69, 9.17) is 14.5 Å². The molecule has 4 aromatic rings. The fraction of sp³-hybridized carbons (Fsp3) is 0.231. The Morgan fingerprint density at radius 1 is 1.06 bits per heavy atom. The van der Waals surface area contributed by atoms with Crippen LogP contribution in [0.5, 0.6) is 11.5 Å². The van der Waals surface area contributed by atoms with Crippen molar-refractivity contribution in [3.05, 3.63) is 95.9 Å². The fourth-order valence-corrected chi connectivity index (χ4v) is 4.03. The zero-order valence-corrected chi connectivity index (χ0v) is 17.3. The summed E-state index contributed by atoms with van der Waals surface area (Å²) in [7, 11) is 0. The van der Waals surface area contributed by atoms with Crippen LogP contribution in [0.25, 0.3) is 10.9 Å². The molecular formula is C26H24N2O3. The lowest BCUT2D eigenvalue weighted by molar-refractivity contribution is 0.0499. The maximum Gasteiger partial charge on any atom is 0.138 e. The van der Waals surface area contributed by atoms with Crippen molar-refractivity contribution in [2.24, 2.45) is 5.92 Å². The van der Waals surface area contributed by atoms with E-state index in [0.717, 1.165) is 27.9 Å². The molecule has 0 aliphatic carbocycles. The topological polar surface area (TPSA) is 64.5 Å². The Bertz CT molecular complexity index is 1200. The van der Waals surface area contributed by atoms with Crippen LogP contribution in [0.1, 0.15) is 36.1 Å². The molecule has 3 atom stereocenters. The summed E-state index contributed by atoms with van der Waals surface area (Å²) in [5, 5.41) is 12.0. The number of pyridine rings is 2. The summed E-state index contributed by atoms with van der Waals surface area (Å²) in [6.07, 6.45) is 1.63. The van der Waals surface area contributed by atoms with Crippen molar-refractivity contribution in [1.82, 2.24) is 9.97 Å². The Hall–Kier alpha value is -3.44. The molecule has 1 unspecified atom stereocenters. The van der Waals surface area contributed by atoms with Gasteiger partial charge in [0, 0.05) is 34.8 Å². The molecule has 1 aliphatic rings. The van der Waals surface area contributed by atoms with Crippen LogP contribution in [0.3, 0.4) is 0 Å². The second kappa shape index (κ2) is 8.36. The zero-order chi connectivity index (χ0) is 21.2. The number of aliphatic hydroxyl groups excluding tert-OH is 1. The highest BCUT2D eigenvalue weighted by atomic mass is 16.5. The van der Waals surface area contributed by atoms with Crippen molar-refractivity contribution in [1.29, 1.82) is 0 Å². The van der Waals surface area contributed by atoms with E-state index in [1.807, 2.05) is 73.7 Å². The standard InChI is InChI=1S/C26H24N2O3/c1-17(23-12-9-18-6-2-3-8-24(18)28-23)31-21-10-11-22-25(15-21)30-16-19(26(22)29)14-20-7-4-5-13-27-20/h2-13,15,17,19,26,29H,14,16H2,1H3/t17?,19-,26-/m0/s1. The third kappa shape index (κ3) is 4.09. The lowest BCUT2D eigenvalue weighted by Gasteiger charge is -2.30. The average Bonchev–Trinajstić information content (AvgIpc) is 2.81. The van der Waals surface area contributed by atoms with Crippen molar-refractivity contribution in [2.75, 3.05) is 6.61 Å². The van der Waals surface area contributed by atoms with Crippen LogP contribution < -0.4 is 9.47 Å². The third-order valence-electron chi connectivity index (χ3n) is 5.75. The van der Waals surface area contributed by atoms with E-state index in [1.165, 1.54) is 0 Å². The highest BCUT2D eigenvalue weighted by molar-refractivity contribution is 5.78. The molecule has 0 spiro atoms. The summed E-state index contributed by atoms with van der Waals surface area (Å²) >= 11 is 0. The first-order chi connectivity index (χ1) is 15.2. The van der Waals surface area contributed by atoms with Crippen LogP contribution in [0.2, 0.25) is 0 Å². The maximum atomic E-state index is 10.9. The first kappa shape index (κ1) is 19.5. The number of fused-ring (bicyclic) bond motifs is 2. The van der Waals surface area contributed by atoms with Gasteiger partial charge in [0.25, 0.3) is 0 Å². The molecule has 0 radical (unpaired) electrons. The van der Waals surface area contributed by atoms with E-state index >= 15 is 0 Å². The first-order valence-electron chi connectivity index (χ1n) is 10.5. The molecule has 156 valence electrons. The summed E-state index contributed by atoms with van der Waals surface area (Å²) in [4.78, 5) is 9.08. The number of para-hydroxylation sites is 1. The Labute approximate surface area is 181 Å². The lowest BCUT2D eigenvalue weighted by atomic mass is 9.89. The minimum Gasteiger partial charge on any atom is -0.493 e. The molecule has 2 aromatic heterocycles. The first-order valence-corrected chi connectivity index (χ1v) is 10.5. The Morgan fingerprint density at radius 3 is 2.81 bits per heavy atom. The zero-order valence-electron chi connectivity index (χ0n) is 17.3. The second-order valence-corrected chi connectivity index (χ2v) is 7.93. The fourth-order valence-electron chi connectivity index (χ4n) is 4.03. The molecule has 0 saturated heterocycles. The van der Waals surface area contributed by atoms with Gasteiger partial charge in [0.2, 0.25) is 0 Å². The Balaban J connectivity index is 1.31. The van der Waals surface area contributed by atoms with Crippen LogP contribution in [-0.2, 0) is 6.42 Å². The number of aliphatic hydroxyl groups is 1. The maximum absolute atomic E-state index is 10.9. The molecule has 1 aliphatic heterocycles. The molecule has 3 heterocycles. The average molecular weight is 412 g/mol. The van der Waals surface area contributed by atoms with Gasteiger partial charge in [0.1, 0.15) is 17.6 Å². The van der Waals surface area contributed by atoms with Gasteiger partial charge < -0.3 is 14.6 Å². The molecule has 0 bridgehead atoms. The minimum absolute atomic E-state index is 0.0325. The summed E-state index contributed by atoms with van der Waals surface area (Å²) < 4.78 is 12.1. The molecule has 1 N–H and O–H groups in total. The largest absolute Gasteiger partial charge is 0.493 e. The summed E-state index contributed by atoms with van der Waals surface area (Å²) in [5.41, 5.74) is 3.56. The molecule has 0 amide bonds. The van der Waals surface area contributed by atoms with Gasteiger partial charge in [-0.05, 0) is 49.7 Å². The Morgan fingerprint density at radius 2 is 1.94 bits per heavy atom. The van der Waals surface area contributed by atoms with Gasteiger partial charge in [0.05, 0.1) is 23.9 Å². The van der Waals surface area contributed by atoms with Crippen molar-refractivity contribution in [3.63, 3.8) is 0 Å². The molecule has 5 nitrogen and oxygen atoms in total. The number of benzene rings is 2. The Kier molecular flexibility index (Phi) is 5.26. The minimum atomic E-state index is -0.598. The number of aromatic nitrogens is 2. The smallest absolute Gasteiger partial charge is 0.138 e. The number of hydrogen-bond acceptors (Lipinski definition) is 5. The van der Waals surface area contributed by atoms with E-state index in [-0.39, 0.29) is 12.0 Å². The van der Waals surface area contributed by atoms with Gasteiger partial charge in [-0.15, -0.1) is 0 Å². The molecule has 0 fully saturated rings. The van der Waals surface area contributed by atoms with Crippen LogP contribution in [0.15, 0.2) is 79.0 Å². The van der Waals surface area contributed by atoms with E-state index in [9.17, 15) is 5.11 Å². The number of rotatable bonds is 5. The van der Waals surface area contributed by atoms with E-state index < -0.39 is 6.10 Å². The van der Waals surface area contributed by atoms with E-state index in [1.54, 1.807) is 6.20 Å². The predicted molar refractivity (Wildman–Crippen MR) is 119 cm³/mol. The van der Waals surface area contributed by atoms with Gasteiger partial charge in [0.15, 0.2) is 0 Å². The van der Waals surface area contributed by atoms with E-state index in [0.29, 0.717) is 24.5 Å². The summed E-state index contributed by atoms with van der Waals surface area (Å²) in [6, 6.07) is 23.5. The highest BCUT2D eigenvalue weighted by Crippen LogP contribution is 2.39. The van der Waals surface area contributed by atoms with E-state index in [2.05, 4.69) is 11.1 Å². The second-order valence-electron chi connectivity index (χ2n) is 7.93. The van der Waals surface area contributed by atoms with Gasteiger partial charge >= 0.3 is 0 Å². The molecule has 0 saturated carbocycles. The monoisotopic (exact) mass is 412 g/mol. The van der Waals surface area contributed by atoms with Crippen LogP contribution in [-0.4, -0.2) is 21.7 Å². The summed E-state index contributed by atoms with van der Waals surface area (Å²) in [6.45, 7) is 2.42. The van der Waals surface area contributed by atoms with Crippen molar-refractivity contribution in [2.45, 2.75) is 25.6 Å². The predicted octanol–water partition coefficient (Wildman–Crippen LogP) is 5.05. The van der Waals surface area contributed by atoms with Gasteiger partial charge in [-0.2, -0.15) is 0 Å². The normalized spacial score (nSPS) is 18.8. The molecule has 5 heteroatoms. The van der Waals surface area contributed by atoms with Crippen LogP contribution >= 0.6 is 0 Å². The van der Waals surface area contributed by atoms with Crippen LogP contribution in [0.4, 0.5) is 0 Å². The molecule has 2 aromatic carbocycles. The molecular weight excluding hydrogens is 388 g/mol. The summed E-state index contributed by atoms with van der Waals surface area (Å²) in [5.74, 6) is 1.33. The van der Waals surface area contributed by atoms with Gasteiger partial charge in [-0.3, -0.25) is 4.98 Å². The molecule has 5 rings (SSSR count). The third-order valence-corrected chi connectivity index (χ3v) is 5.75. The van der Waals surface area contributed by atoms with Crippen molar-refractivity contribution >= 4 is 10.9 Å². The van der Waals surface area contributed by atoms with Gasteiger partial charge in [-0.25, -0.2) is 4.98 Å². The lowest BCUT2D eigenvalue weighted by Crippen LogP contribution is -2.28. The number of nitrogens with zero attached hydrogens (tertiary/aromatic N) is 2. The van der Waals surface area contributed by atoms with Crippen molar-refractivity contribution in [3.8, 4) is 11.5 Å². The molecule has 31 heavy (non-hydrogen) atoms.